The Morgan fingerprint density at radius 3 is 2.40 bits per heavy atom. The van der Waals surface area contributed by atoms with Crippen molar-refractivity contribution in [2.24, 2.45) is 0 Å². The van der Waals surface area contributed by atoms with Crippen LogP contribution in [0.5, 0.6) is 0 Å². The molecule has 2 aromatic carbocycles. The van der Waals surface area contributed by atoms with E-state index in [4.69, 9.17) is 4.74 Å². The zero-order valence-electron chi connectivity index (χ0n) is 28.7. The number of piperazine rings is 1. The zero-order valence-corrected chi connectivity index (χ0v) is 29.6. The molecule has 3 atom stereocenters. The Labute approximate surface area is 295 Å². The van der Waals surface area contributed by atoms with Crippen LogP contribution in [0, 0.1) is 5.82 Å². The molecule has 3 unspecified atom stereocenters. The number of imide groups is 1. The van der Waals surface area contributed by atoms with Crippen LogP contribution in [0.2, 0.25) is 0 Å². The van der Waals surface area contributed by atoms with Gasteiger partial charge in [-0.3, -0.25) is 24.2 Å². The van der Waals surface area contributed by atoms with Gasteiger partial charge in [-0.05, 0) is 75.4 Å². The summed E-state index contributed by atoms with van der Waals surface area (Å²) in [7, 11) is 1.38. The molecule has 0 aliphatic carbocycles. The van der Waals surface area contributed by atoms with E-state index in [1.54, 1.807) is 20.8 Å². The molecule has 270 valence electrons. The fourth-order valence-electron chi connectivity index (χ4n) is 6.40. The van der Waals surface area contributed by atoms with Crippen LogP contribution in [-0.4, -0.2) is 114 Å². The lowest BCUT2D eigenvalue weighted by Gasteiger charge is -2.36. The van der Waals surface area contributed by atoms with Gasteiger partial charge < -0.3 is 25.1 Å². The Morgan fingerprint density at radius 1 is 1.06 bits per heavy atom. The summed E-state index contributed by atoms with van der Waals surface area (Å²) in [6, 6.07) is 8.72. The van der Waals surface area contributed by atoms with E-state index in [2.05, 4.69) is 21.6 Å². The topological polar surface area (TPSA) is 132 Å². The van der Waals surface area contributed by atoms with Crippen LogP contribution in [0.15, 0.2) is 41.3 Å². The molecule has 2 N–H and O–H groups in total. The standard InChI is InChI=1S/C35H44F2N6O6S/c1-35(2,3)49-34(48)39-28-10-11-42(21-27(28)37)50-23-8-5-7-22(17-23)20-40-12-14-41(15-13-40)30-19-25-24(18-26(30)36)32(46)43(33(25)47)29(9-6-16-44)31(45)38-4/h5,7-8,16-19,27-29H,6,9-15,20-21H2,1-4H3,(H,38,45)(H,39,48). The summed E-state index contributed by atoms with van der Waals surface area (Å²) >= 11 is 1.48. The van der Waals surface area contributed by atoms with Gasteiger partial charge in [0, 0.05) is 64.2 Å². The first-order chi connectivity index (χ1) is 23.8. The molecule has 15 heteroatoms. The molecule has 2 aromatic rings. The van der Waals surface area contributed by atoms with Gasteiger partial charge >= 0.3 is 6.09 Å². The van der Waals surface area contributed by atoms with Crippen molar-refractivity contribution >= 4 is 47.7 Å². The molecule has 0 spiro atoms. The van der Waals surface area contributed by atoms with Crippen molar-refractivity contribution < 1.29 is 37.5 Å². The van der Waals surface area contributed by atoms with E-state index in [0.717, 1.165) is 21.4 Å². The molecular weight excluding hydrogens is 670 g/mol. The van der Waals surface area contributed by atoms with Gasteiger partial charge in [0.05, 0.1) is 22.9 Å². The second-order valence-corrected chi connectivity index (χ2v) is 14.8. The molecule has 3 heterocycles. The number of alkyl carbamates (subject to hydrolysis) is 1. The second-order valence-electron chi connectivity index (χ2n) is 13.7. The minimum atomic E-state index is -1.23. The first kappa shape index (κ1) is 37.2. The monoisotopic (exact) mass is 714 g/mol. The first-order valence-electron chi connectivity index (χ1n) is 16.8. The minimum absolute atomic E-state index is 0.0203. The SMILES string of the molecule is CNC(=O)C(CCC=O)N1C(=O)c2cc(F)c(N3CCN(Cc4cccc(SN5CCC(NC(=O)OC(C)(C)C)C(F)C5)c4)CC3)cc2C1=O. The third-order valence-corrected chi connectivity index (χ3v) is 9.92. The maximum absolute atomic E-state index is 15.4. The number of anilines is 1. The number of halogens is 2. The number of hydrogen-bond acceptors (Lipinski definition) is 10. The number of ether oxygens (including phenoxy) is 1. The summed E-state index contributed by atoms with van der Waals surface area (Å²) in [4.78, 5) is 67.9. The van der Waals surface area contributed by atoms with Crippen LogP contribution < -0.4 is 15.5 Å². The Kier molecular flexibility index (Phi) is 11.8. The highest BCUT2D eigenvalue weighted by atomic mass is 32.2. The number of benzene rings is 2. The fourth-order valence-corrected chi connectivity index (χ4v) is 7.45. The Hall–Kier alpha value is -4.08. The highest BCUT2D eigenvalue weighted by molar-refractivity contribution is 7.97. The molecule has 4 amide bonds. The van der Waals surface area contributed by atoms with Crippen molar-refractivity contribution in [3.05, 3.63) is 58.9 Å². The number of piperidine rings is 1. The van der Waals surface area contributed by atoms with E-state index >= 15 is 4.39 Å². The fraction of sp³-hybridized carbons (Fsp3) is 0.514. The number of likely N-dealkylation sites (N-methyl/N-ethyl adjacent to an activating group) is 1. The second kappa shape index (κ2) is 15.9. The van der Waals surface area contributed by atoms with E-state index in [9.17, 15) is 28.4 Å². The largest absolute Gasteiger partial charge is 0.444 e. The van der Waals surface area contributed by atoms with E-state index in [-0.39, 0.29) is 36.2 Å². The molecule has 0 aromatic heterocycles. The van der Waals surface area contributed by atoms with Crippen molar-refractivity contribution in [1.82, 2.24) is 24.7 Å². The van der Waals surface area contributed by atoms with Crippen molar-refractivity contribution in [3.63, 3.8) is 0 Å². The van der Waals surface area contributed by atoms with Gasteiger partial charge in [-0.1, -0.05) is 12.1 Å². The summed E-state index contributed by atoms with van der Waals surface area (Å²) in [5, 5.41) is 5.09. The number of carbonyl (C=O) groups excluding carboxylic acids is 5. The van der Waals surface area contributed by atoms with Crippen LogP contribution in [0.1, 0.15) is 66.3 Å². The number of rotatable bonds is 11. The molecular formula is C35H44F2N6O6S. The van der Waals surface area contributed by atoms with Crippen LogP contribution in [0.25, 0.3) is 0 Å². The van der Waals surface area contributed by atoms with E-state index in [1.165, 1.54) is 25.1 Å². The molecule has 12 nitrogen and oxygen atoms in total. The number of amides is 4. The van der Waals surface area contributed by atoms with Crippen LogP contribution >= 0.6 is 11.9 Å². The van der Waals surface area contributed by atoms with Crippen molar-refractivity contribution in [3.8, 4) is 0 Å². The van der Waals surface area contributed by atoms with E-state index in [0.29, 0.717) is 52.0 Å². The normalized spacial score (nSPS) is 20.8. The van der Waals surface area contributed by atoms with E-state index in [1.807, 2.05) is 27.4 Å². The lowest BCUT2D eigenvalue weighted by molar-refractivity contribution is -0.124. The maximum Gasteiger partial charge on any atom is 0.407 e. The van der Waals surface area contributed by atoms with Crippen LogP contribution in [0.4, 0.5) is 19.3 Å². The number of alkyl halides is 1. The smallest absolute Gasteiger partial charge is 0.407 e. The molecule has 0 saturated carbocycles. The lowest BCUT2D eigenvalue weighted by atomic mass is 10.1. The number of fused-ring (bicyclic) bond motifs is 1. The number of hydrogen-bond donors (Lipinski definition) is 2. The van der Waals surface area contributed by atoms with Gasteiger partial charge in [0.1, 0.15) is 29.9 Å². The molecule has 2 saturated heterocycles. The number of nitrogens with one attached hydrogen (secondary N) is 2. The average Bonchev–Trinajstić information content (AvgIpc) is 3.29. The molecule has 3 aliphatic rings. The predicted octanol–water partition coefficient (Wildman–Crippen LogP) is 3.78. The van der Waals surface area contributed by atoms with Gasteiger partial charge in [0.25, 0.3) is 11.8 Å². The minimum Gasteiger partial charge on any atom is -0.444 e. The zero-order chi connectivity index (χ0) is 36.2. The predicted molar refractivity (Wildman–Crippen MR) is 184 cm³/mol. The van der Waals surface area contributed by atoms with Crippen molar-refractivity contribution in [2.75, 3.05) is 51.2 Å². The molecule has 5 rings (SSSR count). The molecule has 2 fully saturated rings. The number of aldehydes is 1. The summed E-state index contributed by atoms with van der Waals surface area (Å²) in [5.41, 5.74) is 0.571. The van der Waals surface area contributed by atoms with Gasteiger partial charge in [-0.25, -0.2) is 17.9 Å². The Bertz CT molecular complexity index is 1610. The third kappa shape index (κ3) is 8.79. The quantitative estimate of drug-likeness (QED) is 0.202. The summed E-state index contributed by atoms with van der Waals surface area (Å²) in [6.07, 6.45) is -0.820. The Balaban J connectivity index is 1.15. The molecule has 50 heavy (non-hydrogen) atoms. The van der Waals surface area contributed by atoms with Crippen molar-refractivity contribution in [2.45, 2.75) is 75.3 Å². The van der Waals surface area contributed by atoms with Gasteiger partial charge in [-0.2, -0.15) is 0 Å². The molecule has 3 aliphatic heterocycles. The van der Waals surface area contributed by atoms with Gasteiger partial charge in [-0.15, -0.1) is 0 Å². The lowest BCUT2D eigenvalue weighted by Crippen LogP contribution is -2.51. The highest BCUT2D eigenvalue weighted by Gasteiger charge is 2.43. The maximum atomic E-state index is 15.4. The van der Waals surface area contributed by atoms with E-state index < -0.39 is 53.5 Å². The van der Waals surface area contributed by atoms with Crippen LogP contribution in [-0.2, 0) is 20.9 Å². The summed E-state index contributed by atoms with van der Waals surface area (Å²) < 4.78 is 37.6. The number of nitrogens with zero attached hydrogens (tertiary/aromatic N) is 4. The first-order valence-corrected chi connectivity index (χ1v) is 17.5. The molecule has 0 radical (unpaired) electrons. The molecule has 0 bridgehead atoms. The highest BCUT2D eigenvalue weighted by Crippen LogP contribution is 2.33. The summed E-state index contributed by atoms with van der Waals surface area (Å²) in [6.45, 7) is 8.94. The van der Waals surface area contributed by atoms with Gasteiger partial charge in [0.2, 0.25) is 5.91 Å². The summed E-state index contributed by atoms with van der Waals surface area (Å²) in [5.74, 6) is -2.66. The Morgan fingerprint density at radius 2 is 1.76 bits per heavy atom. The van der Waals surface area contributed by atoms with Crippen LogP contribution in [0.3, 0.4) is 0 Å². The van der Waals surface area contributed by atoms with Gasteiger partial charge in [0.15, 0.2) is 0 Å². The van der Waals surface area contributed by atoms with Crippen molar-refractivity contribution in [1.29, 1.82) is 0 Å². The average molecular weight is 715 g/mol. The third-order valence-electron chi connectivity index (χ3n) is 8.86. The number of carbonyl (C=O) groups is 5.